The molecule has 0 aliphatic rings. The van der Waals surface area contributed by atoms with Crippen molar-refractivity contribution in [2.45, 2.75) is 0 Å². The van der Waals surface area contributed by atoms with Gasteiger partial charge in [0.2, 0.25) is 0 Å². The minimum absolute atomic E-state index is 0.0706. The molecule has 104 valence electrons. The van der Waals surface area contributed by atoms with Gasteiger partial charge in [-0.2, -0.15) is 5.26 Å². The van der Waals surface area contributed by atoms with Gasteiger partial charge >= 0.3 is 5.97 Å². The van der Waals surface area contributed by atoms with Crippen LogP contribution in [0.3, 0.4) is 0 Å². The van der Waals surface area contributed by atoms with Gasteiger partial charge in [-0.3, -0.25) is 4.79 Å². The number of carboxylic acid groups (broad SMARTS) is 1. The molecule has 1 heterocycles. The molecule has 0 saturated carbocycles. The third kappa shape index (κ3) is 3.35. The second-order valence-electron chi connectivity index (χ2n) is 3.97. The number of nitriles is 1. The number of nitrogens with zero attached hydrogens (tertiary/aromatic N) is 2. The largest absolute Gasteiger partial charge is 0.477 e. The van der Waals surface area contributed by atoms with Crippen molar-refractivity contribution in [2.24, 2.45) is 0 Å². The summed E-state index contributed by atoms with van der Waals surface area (Å²) >= 11 is 5.82. The highest BCUT2D eigenvalue weighted by Crippen LogP contribution is 2.20. The van der Waals surface area contributed by atoms with Crippen LogP contribution in [0.2, 0.25) is 5.02 Å². The fourth-order valence-corrected chi connectivity index (χ4v) is 1.76. The van der Waals surface area contributed by atoms with E-state index in [0.717, 1.165) is 0 Å². The molecule has 2 N–H and O–H groups in total. The zero-order valence-electron chi connectivity index (χ0n) is 10.5. The molecule has 0 aliphatic heterocycles. The summed E-state index contributed by atoms with van der Waals surface area (Å²) in [4.78, 5) is 26.6. The number of halogens is 1. The van der Waals surface area contributed by atoms with Gasteiger partial charge in [0, 0.05) is 5.02 Å². The molecule has 0 spiro atoms. The Morgan fingerprint density at radius 2 is 1.95 bits per heavy atom. The lowest BCUT2D eigenvalue weighted by molar-refractivity contribution is 0.0690. The average molecular weight is 302 g/mol. The van der Waals surface area contributed by atoms with Gasteiger partial charge in [-0.25, -0.2) is 9.78 Å². The van der Waals surface area contributed by atoms with Crippen molar-refractivity contribution in [3.05, 3.63) is 58.4 Å². The molecule has 0 radical (unpaired) electrons. The monoisotopic (exact) mass is 301 g/mol. The zero-order chi connectivity index (χ0) is 15.4. The number of amides is 1. The van der Waals surface area contributed by atoms with Crippen LogP contribution < -0.4 is 5.32 Å². The van der Waals surface area contributed by atoms with Gasteiger partial charge in [-0.05, 0) is 30.3 Å². The molecule has 0 fully saturated rings. The van der Waals surface area contributed by atoms with Crippen molar-refractivity contribution in [1.29, 1.82) is 5.26 Å². The summed E-state index contributed by atoms with van der Waals surface area (Å²) in [5.41, 5.74) is 0.160. The number of hydrogen-bond donors (Lipinski definition) is 2. The van der Waals surface area contributed by atoms with Crippen LogP contribution in [0.5, 0.6) is 0 Å². The van der Waals surface area contributed by atoms with Crippen molar-refractivity contribution >= 4 is 29.2 Å². The fourth-order valence-electron chi connectivity index (χ4n) is 1.58. The third-order valence-electron chi connectivity index (χ3n) is 2.55. The zero-order valence-corrected chi connectivity index (χ0v) is 11.3. The predicted octanol–water partition coefficient (Wildman–Crippen LogP) is 2.56. The number of rotatable bonds is 3. The highest BCUT2D eigenvalue weighted by atomic mass is 35.5. The van der Waals surface area contributed by atoms with Crippen molar-refractivity contribution in [2.75, 3.05) is 5.32 Å². The van der Waals surface area contributed by atoms with E-state index < -0.39 is 11.9 Å². The van der Waals surface area contributed by atoms with E-state index in [0.29, 0.717) is 5.02 Å². The lowest BCUT2D eigenvalue weighted by Gasteiger charge is -2.07. The average Bonchev–Trinajstić information content (AvgIpc) is 2.47. The van der Waals surface area contributed by atoms with Crippen LogP contribution in [0.4, 0.5) is 5.69 Å². The maximum atomic E-state index is 12.0. The maximum Gasteiger partial charge on any atom is 0.354 e. The highest BCUT2D eigenvalue weighted by molar-refractivity contribution is 6.31. The first-order valence-corrected chi connectivity index (χ1v) is 6.10. The molecule has 6 nitrogen and oxygen atoms in total. The van der Waals surface area contributed by atoms with Crippen molar-refractivity contribution in [3.63, 3.8) is 0 Å². The molecule has 21 heavy (non-hydrogen) atoms. The van der Waals surface area contributed by atoms with Crippen molar-refractivity contribution < 1.29 is 14.7 Å². The minimum Gasteiger partial charge on any atom is -0.477 e. The SMILES string of the molecule is N#Cc1ccc(Cl)cc1NC(=O)c1cccc(C(=O)O)n1. The number of carboxylic acids is 1. The molecule has 1 amide bonds. The van der Waals surface area contributed by atoms with Crippen LogP contribution in [0.1, 0.15) is 26.5 Å². The Morgan fingerprint density at radius 1 is 1.24 bits per heavy atom. The molecule has 0 aliphatic carbocycles. The molecular weight excluding hydrogens is 294 g/mol. The number of pyridine rings is 1. The van der Waals surface area contributed by atoms with E-state index in [1.807, 2.05) is 6.07 Å². The van der Waals surface area contributed by atoms with Crippen molar-refractivity contribution in [1.82, 2.24) is 4.98 Å². The molecule has 0 unspecified atom stereocenters. The van der Waals surface area contributed by atoms with Crippen LogP contribution >= 0.6 is 11.6 Å². The lowest BCUT2D eigenvalue weighted by atomic mass is 10.2. The first-order chi connectivity index (χ1) is 10.0. The second kappa shape index (κ2) is 6.03. The molecule has 1 aromatic heterocycles. The Hall–Kier alpha value is -2.91. The Kier molecular flexibility index (Phi) is 4.16. The number of benzene rings is 1. The first-order valence-electron chi connectivity index (χ1n) is 5.72. The number of hydrogen-bond acceptors (Lipinski definition) is 4. The molecule has 2 aromatic rings. The molecule has 1 aromatic carbocycles. The van der Waals surface area contributed by atoms with Gasteiger partial charge in [-0.1, -0.05) is 17.7 Å². The first kappa shape index (κ1) is 14.5. The van der Waals surface area contributed by atoms with Gasteiger partial charge in [0.25, 0.3) is 5.91 Å². The smallest absolute Gasteiger partial charge is 0.354 e. The summed E-state index contributed by atoms with van der Waals surface area (Å²) in [6.07, 6.45) is 0. The normalized spacial score (nSPS) is 9.71. The fraction of sp³-hybridized carbons (Fsp3) is 0. The number of carbonyl (C=O) groups excluding carboxylic acids is 1. The summed E-state index contributed by atoms with van der Waals surface area (Å²) in [5, 5.41) is 20.7. The molecule has 0 atom stereocenters. The Bertz CT molecular complexity index is 768. The van der Waals surface area contributed by atoms with Gasteiger partial charge < -0.3 is 10.4 Å². The number of carbonyl (C=O) groups is 2. The minimum atomic E-state index is -1.23. The topological polar surface area (TPSA) is 103 Å². The number of nitrogens with one attached hydrogen (secondary N) is 1. The molecule has 7 heteroatoms. The van der Waals surface area contributed by atoms with Crippen LogP contribution in [-0.2, 0) is 0 Å². The standard InChI is InChI=1S/C14H8ClN3O3/c15-9-5-4-8(7-16)12(6-9)18-13(19)10-2-1-3-11(17-10)14(20)21/h1-6H,(H,18,19)(H,20,21). The van der Waals surface area contributed by atoms with E-state index in [4.69, 9.17) is 22.0 Å². The molecule has 0 saturated heterocycles. The van der Waals surface area contributed by atoms with Crippen LogP contribution in [0.15, 0.2) is 36.4 Å². The summed E-state index contributed by atoms with van der Waals surface area (Å²) in [6, 6.07) is 10.4. The Morgan fingerprint density at radius 3 is 2.62 bits per heavy atom. The van der Waals surface area contributed by atoms with Crippen LogP contribution in [0, 0.1) is 11.3 Å². The quantitative estimate of drug-likeness (QED) is 0.906. The van der Waals surface area contributed by atoms with E-state index >= 15 is 0 Å². The number of aromatic nitrogens is 1. The van der Waals surface area contributed by atoms with E-state index in [9.17, 15) is 9.59 Å². The van der Waals surface area contributed by atoms with E-state index in [-0.39, 0.29) is 22.6 Å². The summed E-state index contributed by atoms with van der Waals surface area (Å²) in [6.45, 7) is 0. The lowest BCUT2D eigenvalue weighted by Crippen LogP contribution is -2.16. The van der Waals surface area contributed by atoms with E-state index in [1.54, 1.807) is 0 Å². The van der Waals surface area contributed by atoms with Crippen molar-refractivity contribution in [3.8, 4) is 6.07 Å². The molecule has 2 rings (SSSR count). The van der Waals surface area contributed by atoms with E-state index in [2.05, 4.69) is 10.3 Å². The predicted molar refractivity (Wildman–Crippen MR) is 75.3 cm³/mol. The molecular formula is C14H8ClN3O3. The summed E-state index contributed by atoms with van der Waals surface area (Å²) in [7, 11) is 0. The number of aromatic carboxylic acids is 1. The Balaban J connectivity index is 2.30. The maximum absolute atomic E-state index is 12.0. The van der Waals surface area contributed by atoms with E-state index in [1.165, 1.54) is 36.4 Å². The number of anilines is 1. The Labute approximate surface area is 124 Å². The van der Waals surface area contributed by atoms with Gasteiger partial charge in [0.05, 0.1) is 11.3 Å². The van der Waals surface area contributed by atoms with Crippen LogP contribution in [0.25, 0.3) is 0 Å². The highest BCUT2D eigenvalue weighted by Gasteiger charge is 2.13. The summed E-state index contributed by atoms with van der Waals surface area (Å²) < 4.78 is 0. The second-order valence-corrected chi connectivity index (χ2v) is 4.41. The van der Waals surface area contributed by atoms with Gasteiger partial charge in [0.1, 0.15) is 17.5 Å². The van der Waals surface area contributed by atoms with Gasteiger partial charge in [0.15, 0.2) is 0 Å². The van der Waals surface area contributed by atoms with Crippen LogP contribution in [-0.4, -0.2) is 22.0 Å². The van der Waals surface area contributed by atoms with Gasteiger partial charge in [-0.15, -0.1) is 0 Å². The molecule has 0 bridgehead atoms. The third-order valence-corrected chi connectivity index (χ3v) is 2.79. The summed E-state index contributed by atoms with van der Waals surface area (Å²) in [5.74, 6) is -1.86.